The Morgan fingerprint density at radius 3 is 2.50 bits per heavy atom. The zero-order valence-electron chi connectivity index (χ0n) is 6.72. The van der Waals surface area contributed by atoms with E-state index in [9.17, 15) is 0 Å². The normalized spacial score (nSPS) is 11.3. The molecule has 0 bridgehead atoms. The van der Waals surface area contributed by atoms with Crippen molar-refractivity contribution in [2.24, 2.45) is 0 Å². The largest absolute Gasteiger partial charge is 0.103 e. The third-order valence-corrected chi connectivity index (χ3v) is 1.14. The molecule has 0 saturated carbocycles. The number of allylic oxidation sites excluding steroid dienone is 5. The Bertz CT molecular complexity index is 118. The SMILES string of the molecule is C=CCC=CC=CCCC. The van der Waals surface area contributed by atoms with Crippen LogP contribution >= 0.6 is 0 Å². The van der Waals surface area contributed by atoms with Crippen molar-refractivity contribution in [3.63, 3.8) is 0 Å². The van der Waals surface area contributed by atoms with Crippen molar-refractivity contribution in [2.45, 2.75) is 26.2 Å². The minimum absolute atomic E-state index is 0.969. The van der Waals surface area contributed by atoms with E-state index in [2.05, 4.69) is 37.8 Å². The zero-order chi connectivity index (χ0) is 7.66. The second-order valence-electron chi connectivity index (χ2n) is 2.17. The summed E-state index contributed by atoms with van der Waals surface area (Å²) in [5, 5.41) is 0. The van der Waals surface area contributed by atoms with E-state index >= 15 is 0 Å². The fourth-order valence-electron chi connectivity index (χ4n) is 0.595. The van der Waals surface area contributed by atoms with E-state index in [1.54, 1.807) is 0 Å². The van der Waals surface area contributed by atoms with Crippen LogP contribution in [0.25, 0.3) is 0 Å². The van der Waals surface area contributed by atoms with E-state index in [1.807, 2.05) is 6.08 Å². The van der Waals surface area contributed by atoms with Gasteiger partial charge in [-0.25, -0.2) is 0 Å². The van der Waals surface area contributed by atoms with Gasteiger partial charge in [0.2, 0.25) is 0 Å². The first-order chi connectivity index (χ1) is 4.91. The van der Waals surface area contributed by atoms with Crippen molar-refractivity contribution in [3.8, 4) is 0 Å². The van der Waals surface area contributed by atoms with Gasteiger partial charge in [0.25, 0.3) is 0 Å². The van der Waals surface area contributed by atoms with Crippen molar-refractivity contribution in [1.82, 2.24) is 0 Å². The van der Waals surface area contributed by atoms with E-state index in [0.29, 0.717) is 0 Å². The van der Waals surface area contributed by atoms with Crippen molar-refractivity contribution < 1.29 is 0 Å². The van der Waals surface area contributed by atoms with Gasteiger partial charge in [-0.1, -0.05) is 43.7 Å². The lowest BCUT2D eigenvalue weighted by Gasteiger charge is -1.80. The van der Waals surface area contributed by atoms with Gasteiger partial charge in [-0.05, 0) is 12.8 Å². The van der Waals surface area contributed by atoms with Crippen LogP contribution in [0.5, 0.6) is 0 Å². The summed E-state index contributed by atoms with van der Waals surface area (Å²) in [7, 11) is 0. The minimum atomic E-state index is 0.969. The lowest BCUT2D eigenvalue weighted by molar-refractivity contribution is 0.959. The molecule has 0 aromatic carbocycles. The lowest BCUT2D eigenvalue weighted by atomic mass is 10.3. The van der Waals surface area contributed by atoms with Crippen LogP contribution in [-0.4, -0.2) is 0 Å². The van der Waals surface area contributed by atoms with E-state index in [-0.39, 0.29) is 0 Å². The number of unbranched alkanes of at least 4 members (excludes halogenated alkanes) is 1. The summed E-state index contributed by atoms with van der Waals surface area (Å²) in [5.41, 5.74) is 0. The molecule has 0 aromatic rings. The Morgan fingerprint density at radius 2 is 1.90 bits per heavy atom. The average Bonchev–Trinajstić information content (AvgIpc) is 1.97. The van der Waals surface area contributed by atoms with E-state index in [4.69, 9.17) is 0 Å². The zero-order valence-corrected chi connectivity index (χ0v) is 6.72. The van der Waals surface area contributed by atoms with Gasteiger partial charge in [0.1, 0.15) is 0 Å². The monoisotopic (exact) mass is 136 g/mol. The van der Waals surface area contributed by atoms with Gasteiger partial charge in [-0.2, -0.15) is 0 Å². The molecule has 0 aliphatic heterocycles. The van der Waals surface area contributed by atoms with Gasteiger partial charge >= 0.3 is 0 Å². The molecule has 0 heterocycles. The van der Waals surface area contributed by atoms with Crippen LogP contribution in [0, 0.1) is 0 Å². The summed E-state index contributed by atoms with van der Waals surface area (Å²) in [4.78, 5) is 0. The predicted molar refractivity (Wildman–Crippen MR) is 48.0 cm³/mol. The quantitative estimate of drug-likeness (QED) is 0.401. The van der Waals surface area contributed by atoms with Crippen LogP contribution < -0.4 is 0 Å². The van der Waals surface area contributed by atoms with Gasteiger partial charge in [-0.3, -0.25) is 0 Å². The molecule has 0 aliphatic rings. The van der Waals surface area contributed by atoms with Gasteiger partial charge in [0.05, 0.1) is 0 Å². The maximum absolute atomic E-state index is 3.62. The van der Waals surface area contributed by atoms with Crippen molar-refractivity contribution >= 4 is 0 Å². The van der Waals surface area contributed by atoms with Crippen LogP contribution in [0.4, 0.5) is 0 Å². The predicted octanol–water partition coefficient (Wildman–Crippen LogP) is 3.48. The van der Waals surface area contributed by atoms with E-state index in [0.717, 1.165) is 6.42 Å². The van der Waals surface area contributed by atoms with Gasteiger partial charge in [-0.15, -0.1) is 6.58 Å². The Labute approximate surface area is 64.0 Å². The highest BCUT2D eigenvalue weighted by atomic mass is 13.8. The number of hydrogen-bond acceptors (Lipinski definition) is 0. The molecule has 0 saturated heterocycles. The Hall–Kier alpha value is -0.780. The molecule has 0 fully saturated rings. The molecular weight excluding hydrogens is 120 g/mol. The molecular formula is C10H16. The molecule has 0 atom stereocenters. The Morgan fingerprint density at radius 1 is 1.20 bits per heavy atom. The smallest absolute Gasteiger partial charge is 0.0169 e. The molecule has 0 aromatic heterocycles. The minimum Gasteiger partial charge on any atom is -0.103 e. The highest BCUT2D eigenvalue weighted by Gasteiger charge is 1.69. The molecule has 0 rings (SSSR count). The summed E-state index contributed by atoms with van der Waals surface area (Å²) in [5.74, 6) is 0. The third-order valence-electron chi connectivity index (χ3n) is 1.14. The fourth-order valence-corrected chi connectivity index (χ4v) is 0.595. The summed E-state index contributed by atoms with van der Waals surface area (Å²) in [6, 6.07) is 0. The van der Waals surface area contributed by atoms with Gasteiger partial charge in [0.15, 0.2) is 0 Å². The molecule has 0 N–H and O–H groups in total. The summed E-state index contributed by atoms with van der Waals surface area (Å²) in [6.45, 7) is 5.80. The highest BCUT2D eigenvalue weighted by Crippen LogP contribution is 1.89. The Kier molecular flexibility index (Phi) is 7.58. The summed E-state index contributed by atoms with van der Waals surface area (Å²) in [6.07, 6.45) is 13.7. The number of hydrogen-bond donors (Lipinski definition) is 0. The third kappa shape index (κ3) is 7.22. The molecule has 0 radical (unpaired) electrons. The van der Waals surface area contributed by atoms with Gasteiger partial charge < -0.3 is 0 Å². The molecule has 0 aliphatic carbocycles. The fraction of sp³-hybridized carbons (Fsp3) is 0.400. The molecule has 10 heavy (non-hydrogen) atoms. The number of rotatable bonds is 5. The van der Waals surface area contributed by atoms with Crippen LogP contribution in [0.1, 0.15) is 26.2 Å². The molecule has 56 valence electrons. The van der Waals surface area contributed by atoms with E-state index in [1.165, 1.54) is 12.8 Å². The maximum atomic E-state index is 3.62. The van der Waals surface area contributed by atoms with E-state index < -0.39 is 0 Å². The first-order valence-electron chi connectivity index (χ1n) is 3.84. The van der Waals surface area contributed by atoms with Crippen molar-refractivity contribution in [3.05, 3.63) is 37.0 Å². The molecule has 0 nitrogen and oxygen atoms in total. The van der Waals surface area contributed by atoms with Gasteiger partial charge in [0, 0.05) is 0 Å². The topological polar surface area (TPSA) is 0 Å². The summed E-state index contributed by atoms with van der Waals surface area (Å²) < 4.78 is 0. The molecule has 0 amide bonds. The highest BCUT2D eigenvalue weighted by molar-refractivity contribution is 5.03. The molecule has 0 heteroatoms. The van der Waals surface area contributed by atoms with Crippen LogP contribution in [0.15, 0.2) is 37.0 Å². The first-order valence-corrected chi connectivity index (χ1v) is 3.84. The van der Waals surface area contributed by atoms with Crippen molar-refractivity contribution in [1.29, 1.82) is 0 Å². The second-order valence-corrected chi connectivity index (χ2v) is 2.17. The molecule has 0 spiro atoms. The Balaban J connectivity index is 3.22. The first kappa shape index (κ1) is 9.22. The van der Waals surface area contributed by atoms with Crippen LogP contribution in [0.3, 0.4) is 0 Å². The van der Waals surface area contributed by atoms with Crippen LogP contribution in [-0.2, 0) is 0 Å². The standard InChI is InChI=1S/C10H16/c1-3-5-7-9-10-8-6-4-2/h3,7-10H,1,4-6H2,2H3. The van der Waals surface area contributed by atoms with Crippen LogP contribution in [0.2, 0.25) is 0 Å². The van der Waals surface area contributed by atoms with Crippen molar-refractivity contribution in [2.75, 3.05) is 0 Å². The maximum Gasteiger partial charge on any atom is -0.0169 e. The average molecular weight is 136 g/mol. The molecule has 0 unspecified atom stereocenters. The lowest BCUT2D eigenvalue weighted by Crippen LogP contribution is -1.59. The second kappa shape index (κ2) is 8.22. The summed E-state index contributed by atoms with van der Waals surface area (Å²) >= 11 is 0.